The van der Waals surface area contributed by atoms with Gasteiger partial charge in [0, 0.05) is 24.3 Å². The molecule has 3 rings (SSSR count). The van der Waals surface area contributed by atoms with Gasteiger partial charge in [-0.1, -0.05) is 31.2 Å². The van der Waals surface area contributed by atoms with Crippen LogP contribution in [0, 0.1) is 0 Å². The van der Waals surface area contributed by atoms with Crippen LogP contribution >= 0.6 is 0 Å². The molecule has 5 nitrogen and oxygen atoms in total. The van der Waals surface area contributed by atoms with Gasteiger partial charge in [-0.3, -0.25) is 4.79 Å². The van der Waals surface area contributed by atoms with Crippen molar-refractivity contribution in [3.8, 4) is 0 Å². The number of carbonyl (C=O) groups is 2. The van der Waals surface area contributed by atoms with Crippen molar-refractivity contribution in [2.75, 3.05) is 10.6 Å². The van der Waals surface area contributed by atoms with Crippen LogP contribution in [0.15, 0.2) is 48.5 Å². The average Bonchev–Trinajstić information content (AvgIpc) is 3.47. The summed E-state index contributed by atoms with van der Waals surface area (Å²) in [6.07, 6.45) is 3.02. The highest BCUT2D eigenvalue weighted by Crippen LogP contribution is 2.39. The third kappa shape index (κ3) is 5.08. The lowest BCUT2D eigenvalue weighted by Crippen LogP contribution is -2.28. The number of amides is 3. The summed E-state index contributed by atoms with van der Waals surface area (Å²) in [6, 6.07) is 15.2. The predicted molar refractivity (Wildman–Crippen MR) is 99.6 cm³/mol. The Balaban J connectivity index is 1.46. The van der Waals surface area contributed by atoms with E-state index >= 15 is 0 Å². The van der Waals surface area contributed by atoms with Gasteiger partial charge in [-0.15, -0.1) is 0 Å². The molecule has 1 aliphatic carbocycles. The molecule has 0 radical (unpaired) electrons. The molecular weight excluding hydrogens is 314 g/mol. The second kappa shape index (κ2) is 7.83. The number of carbonyl (C=O) groups excluding carboxylic acids is 2. The minimum atomic E-state index is -0.253. The maximum absolute atomic E-state index is 12.0. The summed E-state index contributed by atoms with van der Waals surface area (Å²) in [7, 11) is 0. The maximum atomic E-state index is 12.0. The topological polar surface area (TPSA) is 70.2 Å². The fourth-order valence-corrected chi connectivity index (χ4v) is 2.57. The SMILES string of the molecule is CCC(=O)Nc1ccc(NC(=O)NCc2ccc(C3CC3)cc2)cc1. The third-order valence-electron chi connectivity index (χ3n) is 4.23. The van der Waals surface area contributed by atoms with E-state index in [4.69, 9.17) is 0 Å². The molecule has 25 heavy (non-hydrogen) atoms. The van der Waals surface area contributed by atoms with Crippen molar-refractivity contribution in [2.24, 2.45) is 0 Å². The molecule has 1 saturated carbocycles. The number of hydrogen-bond acceptors (Lipinski definition) is 2. The fraction of sp³-hybridized carbons (Fsp3) is 0.300. The Hall–Kier alpha value is -2.82. The van der Waals surface area contributed by atoms with E-state index in [-0.39, 0.29) is 11.9 Å². The number of benzene rings is 2. The molecule has 0 atom stereocenters. The molecule has 1 aliphatic rings. The molecule has 0 unspecified atom stereocenters. The molecule has 0 aliphatic heterocycles. The van der Waals surface area contributed by atoms with E-state index in [1.165, 1.54) is 18.4 Å². The van der Waals surface area contributed by atoms with E-state index in [1.807, 2.05) is 0 Å². The van der Waals surface area contributed by atoms with Gasteiger partial charge < -0.3 is 16.0 Å². The van der Waals surface area contributed by atoms with Crippen LogP contribution in [-0.2, 0) is 11.3 Å². The van der Waals surface area contributed by atoms with Crippen LogP contribution in [0.3, 0.4) is 0 Å². The Kier molecular flexibility index (Phi) is 5.33. The van der Waals surface area contributed by atoms with Gasteiger partial charge in [0.15, 0.2) is 0 Å². The van der Waals surface area contributed by atoms with Gasteiger partial charge >= 0.3 is 6.03 Å². The van der Waals surface area contributed by atoms with E-state index in [9.17, 15) is 9.59 Å². The quantitative estimate of drug-likeness (QED) is 0.738. The van der Waals surface area contributed by atoms with E-state index in [0.717, 1.165) is 11.5 Å². The van der Waals surface area contributed by atoms with Crippen molar-refractivity contribution in [1.82, 2.24) is 5.32 Å². The fourth-order valence-electron chi connectivity index (χ4n) is 2.57. The molecule has 130 valence electrons. The lowest BCUT2D eigenvalue weighted by molar-refractivity contribution is -0.115. The minimum Gasteiger partial charge on any atom is -0.334 e. The zero-order chi connectivity index (χ0) is 17.6. The van der Waals surface area contributed by atoms with Crippen molar-refractivity contribution in [3.63, 3.8) is 0 Å². The molecule has 5 heteroatoms. The minimum absolute atomic E-state index is 0.0360. The summed E-state index contributed by atoms with van der Waals surface area (Å²) in [5.41, 5.74) is 3.87. The van der Waals surface area contributed by atoms with Crippen LogP contribution < -0.4 is 16.0 Å². The molecule has 1 fully saturated rings. The largest absolute Gasteiger partial charge is 0.334 e. The van der Waals surface area contributed by atoms with Gasteiger partial charge in [0.1, 0.15) is 0 Å². The highest BCUT2D eigenvalue weighted by molar-refractivity contribution is 5.92. The highest BCUT2D eigenvalue weighted by Gasteiger charge is 2.22. The van der Waals surface area contributed by atoms with Crippen LogP contribution in [0.4, 0.5) is 16.2 Å². The molecule has 0 bridgehead atoms. The monoisotopic (exact) mass is 337 g/mol. The summed E-state index contributed by atoms with van der Waals surface area (Å²) in [5, 5.41) is 8.40. The van der Waals surface area contributed by atoms with Crippen molar-refractivity contribution in [1.29, 1.82) is 0 Å². The predicted octanol–water partition coefficient (Wildman–Crippen LogP) is 4.23. The Morgan fingerprint density at radius 2 is 1.52 bits per heavy atom. The Morgan fingerprint density at radius 1 is 0.920 bits per heavy atom. The first-order chi connectivity index (χ1) is 12.1. The smallest absolute Gasteiger partial charge is 0.319 e. The van der Waals surface area contributed by atoms with Crippen molar-refractivity contribution in [3.05, 3.63) is 59.7 Å². The summed E-state index contributed by atoms with van der Waals surface area (Å²) >= 11 is 0. The first-order valence-electron chi connectivity index (χ1n) is 8.67. The van der Waals surface area contributed by atoms with Crippen LogP contribution in [-0.4, -0.2) is 11.9 Å². The number of anilines is 2. The zero-order valence-corrected chi connectivity index (χ0v) is 14.3. The lowest BCUT2D eigenvalue weighted by Gasteiger charge is -2.09. The van der Waals surface area contributed by atoms with Gasteiger partial charge in [0.25, 0.3) is 0 Å². The van der Waals surface area contributed by atoms with Gasteiger partial charge in [0.2, 0.25) is 5.91 Å². The van der Waals surface area contributed by atoms with Crippen molar-refractivity contribution < 1.29 is 9.59 Å². The van der Waals surface area contributed by atoms with E-state index in [0.29, 0.717) is 24.3 Å². The molecule has 2 aromatic rings. The van der Waals surface area contributed by atoms with Gasteiger partial charge in [0.05, 0.1) is 0 Å². The van der Waals surface area contributed by atoms with Crippen LogP contribution in [0.1, 0.15) is 43.2 Å². The highest BCUT2D eigenvalue weighted by atomic mass is 16.2. The molecule has 0 aromatic heterocycles. The molecule has 0 saturated heterocycles. The maximum Gasteiger partial charge on any atom is 0.319 e. The lowest BCUT2D eigenvalue weighted by atomic mass is 10.1. The van der Waals surface area contributed by atoms with Gasteiger partial charge in [-0.25, -0.2) is 4.79 Å². The van der Waals surface area contributed by atoms with Crippen LogP contribution in [0.2, 0.25) is 0 Å². The second-order valence-corrected chi connectivity index (χ2v) is 6.30. The third-order valence-corrected chi connectivity index (χ3v) is 4.23. The normalized spacial score (nSPS) is 13.2. The Labute approximate surface area is 147 Å². The molecule has 0 heterocycles. The van der Waals surface area contributed by atoms with Crippen LogP contribution in [0.5, 0.6) is 0 Å². The first kappa shape index (κ1) is 17.0. The summed E-state index contributed by atoms with van der Waals surface area (Å²) in [5.74, 6) is 0.710. The summed E-state index contributed by atoms with van der Waals surface area (Å²) in [4.78, 5) is 23.3. The van der Waals surface area contributed by atoms with E-state index in [1.54, 1.807) is 31.2 Å². The van der Waals surface area contributed by atoms with Gasteiger partial charge in [-0.05, 0) is 54.2 Å². The van der Waals surface area contributed by atoms with Crippen LogP contribution in [0.25, 0.3) is 0 Å². The number of rotatable bonds is 6. The Bertz CT molecular complexity index is 735. The number of urea groups is 1. The van der Waals surface area contributed by atoms with Crippen molar-refractivity contribution >= 4 is 23.3 Å². The summed E-state index contributed by atoms with van der Waals surface area (Å²) < 4.78 is 0. The second-order valence-electron chi connectivity index (χ2n) is 6.30. The van der Waals surface area contributed by atoms with Crippen molar-refractivity contribution in [2.45, 2.75) is 38.6 Å². The van der Waals surface area contributed by atoms with Gasteiger partial charge in [-0.2, -0.15) is 0 Å². The molecule has 2 aromatic carbocycles. The van der Waals surface area contributed by atoms with E-state index in [2.05, 4.69) is 40.2 Å². The number of nitrogens with one attached hydrogen (secondary N) is 3. The van der Waals surface area contributed by atoms with E-state index < -0.39 is 0 Å². The Morgan fingerprint density at radius 3 is 2.08 bits per heavy atom. The molecule has 3 amide bonds. The first-order valence-corrected chi connectivity index (χ1v) is 8.67. The average molecular weight is 337 g/mol. The molecule has 3 N–H and O–H groups in total. The zero-order valence-electron chi connectivity index (χ0n) is 14.3. The summed E-state index contributed by atoms with van der Waals surface area (Å²) in [6.45, 7) is 2.29. The standard InChI is InChI=1S/C20H23N3O2/c1-2-19(24)22-17-9-11-18(12-10-17)23-20(25)21-13-14-3-5-15(6-4-14)16-7-8-16/h3-6,9-12,16H,2,7-8,13H2,1H3,(H,22,24)(H2,21,23,25). The molecular formula is C20H23N3O2. The molecule has 0 spiro atoms. The number of hydrogen-bond donors (Lipinski definition) is 3.